The number of carbonyl (C=O) groups excluding carboxylic acids is 1. The lowest BCUT2D eigenvalue weighted by atomic mass is 10.2. The third-order valence-electron chi connectivity index (χ3n) is 2.46. The van der Waals surface area contributed by atoms with Gasteiger partial charge in [0.25, 0.3) is 5.91 Å². The molecule has 0 aliphatic heterocycles. The average Bonchev–Trinajstić information content (AvgIpc) is 2.47. The summed E-state index contributed by atoms with van der Waals surface area (Å²) in [5.41, 5.74) is 3.00. The lowest BCUT2D eigenvalue weighted by Gasteiger charge is -2.04. The Morgan fingerprint density at radius 3 is 2.76 bits per heavy atom. The Morgan fingerprint density at radius 1 is 1.29 bits per heavy atom. The van der Waals surface area contributed by atoms with E-state index in [-0.39, 0.29) is 18.3 Å². The third kappa shape index (κ3) is 5.16. The van der Waals surface area contributed by atoms with Crippen LogP contribution >= 0.6 is 11.6 Å². The maximum atomic E-state index is 11.5. The van der Waals surface area contributed by atoms with Gasteiger partial charge in [0.05, 0.1) is 6.21 Å². The van der Waals surface area contributed by atoms with Gasteiger partial charge in [-0.25, -0.2) is 5.43 Å². The molecule has 2 aromatic rings. The second-order valence-corrected chi connectivity index (χ2v) is 4.57. The number of benzene rings is 2. The molecule has 2 rings (SSSR count). The Hall–Kier alpha value is -2.53. The van der Waals surface area contributed by atoms with E-state index in [0.717, 1.165) is 0 Å². The number of aromatic hydroxyl groups is 1. The van der Waals surface area contributed by atoms with Crippen molar-refractivity contribution in [3.63, 3.8) is 0 Å². The van der Waals surface area contributed by atoms with Crippen LogP contribution in [0.15, 0.2) is 53.6 Å². The summed E-state index contributed by atoms with van der Waals surface area (Å²) in [6, 6.07) is 13.2. The van der Waals surface area contributed by atoms with E-state index >= 15 is 0 Å². The van der Waals surface area contributed by atoms with Gasteiger partial charge in [0.2, 0.25) is 0 Å². The minimum absolute atomic E-state index is 0.136. The molecule has 0 unspecified atom stereocenters. The summed E-state index contributed by atoms with van der Waals surface area (Å²) < 4.78 is 5.26. The van der Waals surface area contributed by atoms with Crippen LogP contribution < -0.4 is 10.2 Å². The standard InChI is InChI=1S/C15H13ClN2O3/c16-12-4-6-14(7-5-12)21-10-15(20)18-17-9-11-2-1-3-13(19)8-11/h1-9,19H,10H2,(H,18,20)/b17-9-. The molecule has 0 saturated carbocycles. The summed E-state index contributed by atoms with van der Waals surface area (Å²) in [5.74, 6) is 0.296. The normalized spacial score (nSPS) is 10.5. The van der Waals surface area contributed by atoms with Crippen molar-refractivity contribution < 1.29 is 14.6 Å². The van der Waals surface area contributed by atoms with Gasteiger partial charge in [-0.3, -0.25) is 4.79 Å². The number of hydrazone groups is 1. The molecule has 0 saturated heterocycles. The van der Waals surface area contributed by atoms with Crippen molar-refractivity contribution >= 4 is 23.7 Å². The van der Waals surface area contributed by atoms with Gasteiger partial charge in [0.1, 0.15) is 11.5 Å². The maximum Gasteiger partial charge on any atom is 0.277 e. The third-order valence-corrected chi connectivity index (χ3v) is 2.71. The molecule has 0 atom stereocenters. The molecule has 0 spiro atoms. The Kier molecular flexibility index (Phi) is 5.17. The first-order valence-electron chi connectivity index (χ1n) is 6.13. The summed E-state index contributed by atoms with van der Waals surface area (Å²) >= 11 is 5.74. The highest BCUT2D eigenvalue weighted by atomic mass is 35.5. The first-order valence-corrected chi connectivity index (χ1v) is 6.50. The zero-order valence-electron chi connectivity index (χ0n) is 11.0. The fourth-order valence-corrected chi connectivity index (χ4v) is 1.62. The molecular weight excluding hydrogens is 292 g/mol. The number of hydrogen-bond acceptors (Lipinski definition) is 4. The number of phenolic OH excluding ortho intramolecular Hbond substituents is 1. The van der Waals surface area contributed by atoms with E-state index in [4.69, 9.17) is 16.3 Å². The highest BCUT2D eigenvalue weighted by Crippen LogP contribution is 2.15. The van der Waals surface area contributed by atoms with Gasteiger partial charge in [0.15, 0.2) is 6.61 Å². The van der Waals surface area contributed by atoms with Crippen molar-refractivity contribution in [1.29, 1.82) is 0 Å². The van der Waals surface area contributed by atoms with Crippen LogP contribution in [0.1, 0.15) is 5.56 Å². The monoisotopic (exact) mass is 304 g/mol. The second kappa shape index (κ2) is 7.31. The highest BCUT2D eigenvalue weighted by molar-refractivity contribution is 6.30. The molecule has 0 aliphatic carbocycles. The Morgan fingerprint density at radius 2 is 2.05 bits per heavy atom. The average molecular weight is 305 g/mol. The molecule has 0 bridgehead atoms. The predicted octanol–water partition coefficient (Wildman–Crippen LogP) is 2.57. The van der Waals surface area contributed by atoms with E-state index in [1.54, 1.807) is 42.5 Å². The zero-order chi connectivity index (χ0) is 15.1. The van der Waals surface area contributed by atoms with Crippen molar-refractivity contribution in [1.82, 2.24) is 5.43 Å². The molecule has 0 radical (unpaired) electrons. The van der Waals surface area contributed by atoms with E-state index in [1.165, 1.54) is 12.3 Å². The fraction of sp³-hybridized carbons (Fsp3) is 0.0667. The molecule has 0 heterocycles. The van der Waals surface area contributed by atoms with Gasteiger partial charge in [-0.05, 0) is 42.0 Å². The molecule has 2 N–H and O–H groups in total. The zero-order valence-corrected chi connectivity index (χ0v) is 11.7. The molecule has 2 aromatic carbocycles. The van der Waals surface area contributed by atoms with Gasteiger partial charge in [0, 0.05) is 5.02 Å². The number of nitrogens with one attached hydrogen (secondary N) is 1. The van der Waals surface area contributed by atoms with Crippen molar-refractivity contribution in [3.8, 4) is 11.5 Å². The number of carbonyl (C=O) groups is 1. The lowest BCUT2D eigenvalue weighted by Crippen LogP contribution is -2.24. The Labute approximate surface area is 126 Å². The smallest absolute Gasteiger partial charge is 0.277 e. The molecule has 108 valence electrons. The van der Waals surface area contributed by atoms with E-state index in [1.807, 2.05) is 0 Å². The van der Waals surface area contributed by atoms with Crippen LogP contribution in [-0.4, -0.2) is 23.8 Å². The number of rotatable bonds is 5. The summed E-state index contributed by atoms with van der Waals surface area (Å²) in [6.45, 7) is -0.154. The Bertz CT molecular complexity index is 642. The van der Waals surface area contributed by atoms with Crippen molar-refractivity contribution in [2.45, 2.75) is 0 Å². The number of hydrogen-bond donors (Lipinski definition) is 2. The number of ether oxygens (including phenoxy) is 1. The molecular formula is C15H13ClN2O3. The summed E-state index contributed by atoms with van der Waals surface area (Å²) in [5, 5.41) is 13.6. The largest absolute Gasteiger partial charge is 0.508 e. The fourth-order valence-electron chi connectivity index (χ4n) is 1.50. The van der Waals surface area contributed by atoms with Crippen LogP contribution in [-0.2, 0) is 4.79 Å². The number of nitrogens with zero attached hydrogens (tertiary/aromatic N) is 1. The van der Waals surface area contributed by atoms with E-state index in [2.05, 4.69) is 10.5 Å². The Balaban J connectivity index is 1.78. The van der Waals surface area contributed by atoms with E-state index in [0.29, 0.717) is 16.3 Å². The van der Waals surface area contributed by atoms with Gasteiger partial charge < -0.3 is 9.84 Å². The van der Waals surface area contributed by atoms with Gasteiger partial charge >= 0.3 is 0 Å². The van der Waals surface area contributed by atoms with Crippen molar-refractivity contribution in [3.05, 3.63) is 59.1 Å². The molecule has 0 aromatic heterocycles. The molecule has 5 nitrogen and oxygen atoms in total. The number of amides is 1. The molecule has 21 heavy (non-hydrogen) atoms. The second-order valence-electron chi connectivity index (χ2n) is 4.13. The predicted molar refractivity (Wildman–Crippen MR) is 80.8 cm³/mol. The van der Waals surface area contributed by atoms with Crippen LogP contribution in [0.5, 0.6) is 11.5 Å². The first-order chi connectivity index (χ1) is 10.1. The molecule has 0 fully saturated rings. The summed E-state index contributed by atoms with van der Waals surface area (Å²) in [7, 11) is 0. The van der Waals surface area contributed by atoms with Crippen LogP contribution in [0.2, 0.25) is 5.02 Å². The molecule has 6 heteroatoms. The summed E-state index contributed by atoms with van der Waals surface area (Å²) in [4.78, 5) is 11.5. The van der Waals surface area contributed by atoms with Crippen LogP contribution in [0.3, 0.4) is 0 Å². The maximum absolute atomic E-state index is 11.5. The topological polar surface area (TPSA) is 70.9 Å². The first kappa shape index (κ1) is 14.9. The number of phenols is 1. The van der Waals surface area contributed by atoms with Gasteiger partial charge in [-0.2, -0.15) is 5.10 Å². The lowest BCUT2D eigenvalue weighted by molar-refractivity contribution is -0.123. The number of halogens is 1. The highest BCUT2D eigenvalue weighted by Gasteiger charge is 2.01. The van der Waals surface area contributed by atoms with Crippen molar-refractivity contribution in [2.24, 2.45) is 5.10 Å². The SMILES string of the molecule is O=C(COc1ccc(Cl)cc1)N/N=C\c1cccc(O)c1. The van der Waals surface area contributed by atoms with Gasteiger partial charge in [-0.1, -0.05) is 23.7 Å². The van der Waals surface area contributed by atoms with Crippen LogP contribution in [0, 0.1) is 0 Å². The molecule has 0 aliphatic rings. The quantitative estimate of drug-likeness (QED) is 0.659. The van der Waals surface area contributed by atoms with Crippen LogP contribution in [0.25, 0.3) is 0 Å². The minimum Gasteiger partial charge on any atom is -0.508 e. The van der Waals surface area contributed by atoms with E-state index in [9.17, 15) is 9.90 Å². The molecule has 1 amide bonds. The minimum atomic E-state index is -0.388. The van der Waals surface area contributed by atoms with Crippen molar-refractivity contribution in [2.75, 3.05) is 6.61 Å². The van der Waals surface area contributed by atoms with Gasteiger partial charge in [-0.15, -0.1) is 0 Å². The summed E-state index contributed by atoms with van der Waals surface area (Å²) in [6.07, 6.45) is 1.43. The van der Waals surface area contributed by atoms with Crippen LogP contribution in [0.4, 0.5) is 0 Å². The van der Waals surface area contributed by atoms with E-state index < -0.39 is 0 Å².